The van der Waals surface area contributed by atoms with Crippen LogP contribution in [0, 0.1) is 31.1 Å². The first-order valence-corrected chi connectivity index (χ1v) is 6.88. The molecule has 2 N–H and O–H groups in total. The van der Waals surface area contributed by atoms with E-state index in [0.717, 1.165) is 36.3 Å². The van der Waals surface area contributed by atoms with Crippen LogP contribution in [0.15, 0.2) is 6.07 Å². The second kappa shape index (κ2) is 5.58. The lowest BCUT2D eigenvalue weighted by Crippen LogP contribution is -2.40. The van der Waals surface area contributed by atoms with E-state index in [0.29, 0.717) is 17.5 Å². The predicted octanol–water partition coefficient (Wildman–Crippen LogP) is 2.53. The molecule has 0 radical (unpaired) electrons. The van der Waals surface area contributed by atoms with Gasteiger partial charge in [-0.05, 0) is 50.7 Å². The number of nitriles is 1. The minimum Gasteiger partial charge on any atom is -0.393 e. The smallest absolute Gasteiger partial charge is 0.126 e. The molecule has 1 heterocycles. The van der Waals surface area contributed by atoms with Crippen molar-refractivity contribution in [2.24, 2.45) is 5.92 Å². The first kappa shape index (κ1) is 13.8. The van der Waals surface area contributed by atoms with E-state index >= 15 is 0 Å². The van der Waals surface area contributed by atoms with Crippen LogP contribution in [0.2, 0.25) is 0 Å². The molecule has 0 amide bonds. The summed E-state index contributed by atoms with van der Waals surface area (Å²) in [6, 6.07) is 4.47. The first-order valence-electron chi connectivity index (χ1n) is 6.88. The molecular weight excluding hydrogens is 238 g/mol. The second-order valence-corrected chi connectivity index (χ2v) is 5.44. The van der Waals surface area contributed by atoms with Crippen molar-refractivity contribution in [1.82, 2.24) is 4.98 Å². The van der Waals surface area contributed by atoms with E-state index < -0.39 is 0 Å². The fraction of sp³-hybridized carbons (Fsp3) is 0.600. The summed E-state index contributed by atoms with van der Waals surface area (Å²) in [5, 5.41) is 21.9. The monoisotopic (exact) mass is 259 g/mol. The topological polar surface area (TPSA) is 68.9 Å². The minimum absolute atomic E-state index is 0.127. The van der Waals surface area contributed by atoms with Crippen LogP contribution in [0.1, 0.15) is 43.0 Å². The Morgan fingerprint density at radius 2 is 2.21 bits per heavy atom. The number of anilines is 1. The molecule has 1 aromatic rings. The molecular formula is C15H21N3O. The van der Waals surface area contributed by atoms with E-state index in [-0.39, 0.29) is 6.10 Å². The Morgan fingerprint density at radius 1 is 1.53 bits per heavy atom. The molecule has 102 valence electrons. The quantitative estimate of drug-likeness (QED) is 0.871. The lowest BCUT2D eigenvalue weighted by atomic mass is 9.76. The van der Waals surface area contributed by atoms with Crippen LogP contribution in [0.5, 0.6) is 0 Å². The molecule has 1 unspecified atom stereocenters. The molecule has 1 atom stereocenters. The predicted molar refractivity (Wildman–Crippen MR) is 74.9 cm³/mol. The highest BCUT2D eigenvalue weighted by Crippen LogP contribution is 2.33. The number of aromatic nitrogens is 1. The molecule has 1 aromatic heterocycles. The molecule has 0 aromatic carbocycles. The molecule has 0 aliphatic heterocycles. The molecule has 1 aliphatic rings. The molecule has 1 aliphatic carbocycles. The fourth-order valence-corrected chi connectivity index (χ4v) is 2.78. The number of aliphatic hydroxyl groups is 1. The molecule has 4 heteroatoms. The third-order valence-corrected chi connectivity index (χ3v) is 4.00. The summed E-state index contributed by atoms with van der Waals surface area (Å²) < 4.78 is 0. The van der Waals surface area contributed by atoms with E-state index in [4.69, 9.17) is 5.26 Å². The Balaban J connectivity index is 2.12. The van der Waals surface area contributed by atoms with Gasteiger partial charge in [0.25, 0.3) is 0 Å². The summed E-state index contributed by atoms with van der Waals surface area (Å²) in [5.41, 5.74) is 2.40. The van der Waals surface area contributed by atoms with Gasteiger partial charge in [0.05, 0.1) is 17.4 Å². The minimum atomic E-state index is -0.127. The summed E-state index contributed by atoms with van der Waals surface area (Å²) in [7, 11) is 0. The van der Waals surface area contributed by atoms with Gasteiger partial charge < -0.3 is 10.4 Å². The van der Waals surface area contributed by atoms with Gasteiger partial charge in [-0.25, -0.2) is 4.98 Å². The molecule has 0 saturated heterocycles. The zero-order valence-corrected chi connectivity index (χ0v) is 11.8. The van der Waals surface area contributed by atoms with Crippen LogP contribution in [-0.4, -0.2) is 22.2 Å². The number of nitrogens with zero attached hydrogens (tertiary/aromatic N) is 2. The third kappa shape index (κ3) is 2.87. The number of aryl methyl sites for hydroxylation is 2. The van der Waals surface area contributed by atoms with Crippen molar-refractivity contribution in [2.45, 2.75) is 52.2 Å². The molecule has 19 heavy (non-hydrogen) atoms. The van der Waals surface area contributed by atoms with Crippen LogP contribution in [0.25, 0.3) is 0 Å². The Morgan fingerprint density at radius 3 is 2.68 bits per heavy atom. The lowest BCUT2D eigenvalue weighted by Gasteiger charge is -2.38. The summed E-state index contributed by atoms with van der Waals surface area (Å²) in [5.74, 6) is 1.36. The Labute approximate surface area is 114 Å². The highest BCUT2D eigenvalue weighted by atomic mass is 16.3. The molecule has 0 bridgehead atoms. The van der Waals surface area contributed by atoms with E-state index in [2.05, 4.69) is 23.3 Å². The average molecular weight is 259 g/mol. The SMILES string of the molecule is CCC(Nc1cc(C)c(C#N)c(C)n1)C1CC(O)C1. The third-order valence-electron chi connectivity index (χ3n) is 4.00. The van der Waals surface area contributed by atoms with Crippen molar-refractivity contribution in [2.75, 3.05) is 5.32 Å². The Bertz CT molecular complexity index is 478. The van der Waals surface area contributed by atoms with Gasteiger partial charge in [0.2, 0.25) is 0 Å². The fourth-order valence-electron chi connectivity index (χ4n) is 2.78. The number of rotatable bonds is 4. The zero-order chi connectivity index (χ0) is 14.0. The van der Waals surface area contributed by atoms with Crippen LogP contribution in [-0.2, 0) is 0 Å². The zero-order valence-electron chi connectivity index (χ0n) is 11.8. The van der Waals surface area contributed by atoms with Crippen LogP contribution in [0.4, 0.5) is 5.82 Å². The van der Waals surface area contributed by atoms with Gasteiger partial charge in [0, 0.05) is 6.04 Å². The van der Waals surface area contributed by atoms with Gasteiger partial charge in [0.1, 0.15) is 11.9 Å². The lowest BCUT2D eigenvalue weighted by molar-refractivity contribution is 0.0336. The maximum Gasteiger partial charge on any atom is 0.126 e. The van der Waals surface area contributed by atoms with Gasteiger partial charge in [-0.1, -0.05) is 6.92 Å². The number of pyridine rings is 1. The largest absolute Gasteiger partial charge is 0.393 e. The van der Waals surface area contributed by atoms with E-state index in [1.54, 1.807) is 0 Å². The van der Waals surface area contributed by atoms with Crippen LogP contribution >= 0.6 is 0 Å². The summed E-state index contributed by atoms with van der Waals surface area (Å²) in [6.45, 7) is 5.95. The highest BCUT2D eigenvalue weighted by molar-refractivity contribution is 5.49. The Kier molecular flexibility index (Phi) is 4.06. The normalized spacial score (nSPS) is 23.3. The maximum atomic E-state index is 9.41. The van der Waals surface area contributed by atoms with Gasteiger partial charge in [0.15, 0.2) is 0 Å². The van der Waals surface area contributed by atoms with E-state index in [1.165, 1.54) is 0 Å². The number of hydrogen-bond acceptors (Lipinski definition) is 4. The van der Waals surface area contributed by atoms with Crippen molar-refractivity contribution in [1.29, 1.82) is 5.26 Å². The van der Waals surface area contributed by atoms with Gasteiger partial charge >= 0.3 is 0 Å². The summed E-state index contributed by atoms with van der Waals surface area (Å²) >= 11 is 0. The standard InChI is InChI=1S/C15H21N3O/c1-4-14(11-6-12(19)7-11)18-15-5-9(2)13(8-16)10(3)17-15/h5,11-12,14,19H,4,6-7H2,1-3H3,(H,17,18). The Hall–Kier alpha value is -1.60. The van der Waals surface area contributed by atoms with Crippen molar-refractivity contribution in [3.63, 3.8) is 0 Å². The van der Waals surface area contributed by atoms with E-state index in [9.17, 15) is 5.11 Å². The second-order valence-electron chi connectivity index (χ2n) is 5.44. The molecule has 0 spiro atoms. The van der Waals surface area contributed by atoms with Crippen molar-refractivity contribution in [3.8, 4) is 6.07 Å². The first-order chi connectivity index (χ1) is 9.05. The molecule has 1 saturated carbocycles. The van der Waals surface area contributed by atoms with Gasteiger partial charge in [-0.15, -0.1) is 0 Å². The number of aliphatic hydroxyl groups excluding tert-OH is 1. The molecule has 2 rings (SSSR count). The van der Waals surface area contributed by atoms with Crippen molar-refractivity contribution >= 4 is 5.82 Å². The van der Waals surface area contributed by atoms with Gasteiger partial charge in [-0.2, -0.15) is 5.26 Å². The van der Waals surface area contributed by atoms with Crippen LogP contribution in [0.3, 0.4) is 0 Å². The number of nitrogens with one attached hydrogen (secondary N) is 1. The number of hydrogen-bond donors (Lipinski definition) is 2. The van der Waals surface area contributed by atoms with E-state index in [1.807, 2.05) is 19.9 Å². The summed E-state index contributed by atoms with van der Waals surface area (Å²) in [4.78, 5) is 4.46. The van der Waals surface area contributed by atoms with Crippen LogP contribution < -0.4 is 5.32 Å². The molecule has 1 fully saturated rings. The highest BCUT2D eigenvalue weighted by Gasteiger charge is 2.33. The van der Waals surface area contributed by atoms with Gasteiger partial charge in [-0.3, -0.25) is 0 Å². The summed E-state index contributed by atoms with van der Waals surface area (Å²) in [6.07, 6.45) is 2.63. The maximum absolute atomic E-state index is 9.41. The average Bonchev–Trinajstić information content (AvgIpc) is 2.32. The van der Waals surface area contributed by atoms with Crippen molar-refractivity contribution < 1.29 is 5.11 Å². The van der Waals surface area contributed by atoms with Crippen molar-refractivity contribution in [3.05, 3.63) is 22.9 Å². The molecule has 4 nitrogen and oxygen atoms in total.